The average molecular weight is 139 g/mol. The molecule has 0 bridgehead atoms. The van der Waals surface area contributed by atoms with E-state index in [4.69, 9.17) is 5.11 Å². The molecule has 0 aliphatic carbocycles. The van der Waals surface area contributed by atoms with Crippen LogP contribution in [-0.4, -0.2) is 5.11 Å². The van der Waals surface area contributed by atoms with Crippen molar-refractivity contribution in [2.75, 3.05) is 0 Å². The number of hydrogen-bond donors (Lipinski definition) is 2. The lowest BCUT2D eigenvalue weighted by Gasteiger charge is -1.97. The van der Waals surface area contributed by atoms with Crippen LogP contribution in [0.1, 0.15) is 11.1 Å². The molecule has 0 atom stereocenters. The zero-order chi connectivity index (χ0) is 6.85. The van der Waals surface area contributed by atoms with Gasteiger partial charge in [-0.2, -0.15) is 0 Å². The maximum absolute atomic E-state index is 8.94. The Labute approximate surface area is 61.1 Å². The molecule has 1 rings (SSSR count). The molecular weight excluding hydrogens is 126 g/mol. The van der Waals surface area contributed by atoms with Crippen LogP contribution in [0.25, 0.3) is 0 Å². The molecule has 56 valence electrons. The van der Waals surface area contributed by atoms with Gasteiger partial charge in [0, 0.05) is 0 Å². The molecule has 2 nitrogen and oxygen atoms in total. The maximum atomic E-state index is 8.94. The fourth-order valence-electron chi connectivity index (χ4n) is 0.726. The van der Waals surface area contributed by atoms with Crippen molar-refractivity contribution in [3.8, 4) is 5.75 Å². The smallest absolute Gasteiger partial charge is 0.115 e. The van der Waals surface area contributed by atoms with Crippen molar-refractivity contribution in [2.45, 2.75) is 13.8 Å². The Morgan fingerprint density at radius 3 is 2.10 bits per heavy atom. The predicted molar refractivity (Wildman–Crippen MR) is 42.6 cm³/mol. The van der Waals surface area contributed by atoms with Crippen LogP contribution in [0, 0.1) is 13.8 Å². The van der Waals surface area contributed by atoms with Crippen molar-refractivity contribution >= 4 is 0 Å². The van der Waals surface area contributed by atoms with Crippen molar-refractivity contribution in [1.82, 2.24) is 6.15 Å². The molecule has 0 aromatic heterocycles. The summed E-state index contributed by atoms with van der Waals surface area (Å²) in [4.78, 5) is 0. The minimum Gasteiger partial charge on any atom is -0.508 e. The molecule has 1 aromatic rings. The van der Waals surface area contributed by atoms with E-state index in [1.54, 1.807) is 12.1 Å². The zero-order valence-electron chi connectivity index (χ0n) is 6.39. The quantitative estimate of drug-likeness (QED) is 0.578. The topological polar surface area (TPSA) is 55.2 Å². The van der Waals surface area contributed by atoms with Gasteiger partial charge in [-0.15, -0.1) is 0 Å². The highest BCUT2D eigenvalue weighted by atomic mass is 16.3. The number of aromatic hydroxyl groups is 1. The minimum absolute atomic E-state index is 0. The summed E-state index contributed by atoms with van der Waals surface area (Å²) < 4.78 is 0. The number of hydrogen-bond acceptors (Lipinski definition) is 2. The SMILES string of the molecule is Cc1ccc(O)cc1C.N. The summed E-state index contributed by atoms with van der Waals surface area (Å²) in [5.74, 6) is 0.345. The summed E-state index contributed by atoms with van der Waals surface area (Å²) >= 11 is 0. The molecule has 0 unspecified atom stereocenters. The second-order valence-corrected chi connectivity index (χ2v) is 2.27. The molecule has 1 aromatic carbocycles. The van der Waals surface area contributed by atoms with Gasteiger partial charge in [-0.05, 0) is 37.1 Å². The zero-order valence-corrected chi connectivity index (χ0v) is 6.39. The molecule has 2 heteroatoms. The fraction of sp³-hybridized carbons (Fsp3) is 0.250. The largest absolute Gasteiger partial charge is 0.508 e. The van der Waals surface area contributed by atoms with Crippen molar-refractivity contribution in [1.29, 1.82) is 0 Å². The van der Waals surface area contributed by atoms with Crippen LogP contribution in [0.5, 0.6) is 5.75 Å². The molecule has 0 aliphatic heterocycles. The normalized spacial score (nSPS) is 8.60. The number of phenols is 1. The second kappa shape index (κ2) is 3.22. The lowest BCUT2D eigenvalue weighted by Crippen LogP contribution is -1.76. The summed E-state index contributed by atoms with van der Waals surface area (Å²) in [6.45, 7) is 4.00. The summed E-state index contributed by atoms with van der Waals surface area (Å²) in [5.41, 5.74) is 2.35. The van der Waals surface area contributed by atoms with E-state index in [1.807, 2.05) is 19.9 Å². The summed E-state index contributed by atoms with van der Waals surface area (Å²) in [5, 5.41) is 8.94. The number of rotatable bonds is 0. The van der Waals surface area contributed by atoms with E-state index in [2.05, 4.69) is 0 Å². The third-order valence-corrected chi connectivity index (χ3v) is 1.49. The number of phenolic OH excluding ortho intramolecular Hbond substituents is 1. The second-order valence-electron chi connectivity index (χ2n) is 2.27. The molecule has 0 amide bonds. The molecule has 0 spiro atoms. The van der Waals surface area contributed by atoms with Crippen LogP contribution in [-0.2, 0) is 0 Å². The van der Waals surface area contributed by atoms with Crippen molar-refractivity contribution < 1.29 is 5.11 Å². The molecule has 10 heavy (non-hydrogen) atoms. The first-order valence-electron chi connectivity index (χ1n) is 2.96. The molecule has 0 aliphatic rings. The van der Waals surface area contributed by atoms with Crippen LogP contribution >= 0.6 is 0 Å². The Morgan fingerprint density at radius 1 is 1.10 bits per heavy atom. The van der Waals surface area contributed by atoms with Crippen molar-refractivity contribution in [3.05, 3.63) is 29.3 Å². The van der Waals surface area contributed by atoms with Gasteiger partial charge in [0.1, 0.15) is 5.75 Å². The monoisotopic (exact) mass is 139 g/mol. The van der Waals surface area contributed by atoms with Crippen LogP contribution in [0.3, 0.4) is 0 Å². The Balaban J connectivity index is 0.000000810. The third-order valence-electron chi connectivity index (χ3n) is 1.49. The van der Waals surface area contributed by atoms with Crippen LogP contribution in [0.4, 0.5) is 0 Å². The van der Waals surface area contributed by atoms with Gasteiger partial charge in [0.05, 0.1) is 0 Å². The van der Waals surface area contributed by atoms with E-state index in [1.165, 1.54) is 5.56 Å². The first kappa shape index (κ1) is 8.98. The highest BCUT2D eigenvalue weighted by Gasteiger charge is 1.90. The van der Waals surface area contributed by atoms with E-state index in [9.17, 15) is 0 Å². The van der Waals surface area contributed by atoms with Gasteiger partial charge in [0.2, 0.25) is 0 Å². The Kier molecular flexibility index (Phi) is 2.90. The molecule has 0 fully saturated rings. The highest BCUT2D eigenvalue weighted by Crippen LogP contribution is 2.13. The number of benzene rings is 1. The molecule has 0 heterocycles. The Bertz CT molecular complexity index is 220. The molecule has 0 saturated heterocycles. The standard InChI is InChI=1S/C8H10O.H3N/c1-6-3-4-8(9)5-7(6)2;/h3-5,9H,1-2H3;1H3. The fourth-order valence-corrected chi connectivity index (χ4v) is 0.726. The van der Waals surface area contributed by atoms with Gasteiger partial charge < -0.3 is 11.3 Å². The van der Waals surface area contributed by atoms with Gasteiger partial charge in [-0.25, -0.2) is 0 Å². The van der Waals surface area contributed by atoms with E-state index in [0.29, 0.717) is 5.75 Å². The first-order valence-corrected chi connectivity index (χ1v) is 2.96. The summed E-state index contributed by atoms with van der Waals surface area (Å²) in [7, 11) is 0. The number of aryl methyl sites for hydroxylation is 2. The minimum atomic E-state index is 0. The van der Waals surface area contributed by atoms with E-state index in [0.717, 1.165) is 5.56 Å². The Morgan fingerprint density at radius 2 is 1.70 bits per heavy atom. The van der Waals surface area contributed by atoms with Crippen molar-refractivity contribution in [3.63, 3.8) is 0 Å². The lowest BCUT2D eigenvalue weighted by molar-refractivity contribution is 0.474. The first-order chi connectivity index (χ1) is 4.20. The van der Waals surface area contributed by atoms with Crippen LogP contribution in [0.15, 0.2) is 18.2 Å². The summed E-state index contributed by atoms with van der Waals surface area (Å²) in [6, 6.07) is 5.36. The van der Waals surface area contributed by atoms with Gasteiger partial charge in [-0.3, -0.25) is 0 Å². The van der Waals surface area contributed by atoms with Crippen LogP contribution < -0.4 is 6.15 Å². The molecular formula is C8H13NO. The Hall–Kier alpha value is -1.02. The van der Waals surface area contributed by atoms with E-state index in [-0.39, 0.29) is 6.15 Å². The van der Waals surface area contributed by atoms with E-state index >= 15 is 0 Å². The lowest BCUT2D eigenvalue weighted by atomic mass is 10.1. The molecule has 0 saturated carbocycles. The highest BCUT2D eigenvalue weighted by molar-refractivity contribution is 5.32. The van der Waals surface area contributed by atoms with Crippen molar-refractivity contribution in [2.24, 2.45) is 0 Å². The predicted octanol–water partition coefficient (Wildman–Crippen LogP) is 2.17. The van der Waals surface area contributed by atoms with Gasteiger partial charge in [0.15, 0.2) is 0 Å². The van der Waals surface area contributed by atoms with Gasteiger partial charge in [0.25, 0.3) is 0 Å². The van der Waals surface area contributed by atoms with Gasteiger partial charge in [-0.1, -0.05) is 6.07 Å². The molecule has 4 N–H and O–H groups in total. The van der Waals surface area contributed by atoms with Crippen LogP contribution in [0.2, 0.25) is 0 Å². The summed E-state index contributed by atoms with van der Waals surface area (Å²) in [6.07, 6.45) is 0. The third kappa shape index (κ3) is 1.74. The maximum Gasteiger partial charge on any atom is 0.115 e. The van der Waals surface area contributed by atoms with E-state index < -0.39 is 0 Å². The molecule has 0 radical (unpaired) electrons. The van der Waals surface area contributed by atoms with Gasteiger partial charge >= 0.3 is 0 Å². The average Bonchev–Trinajstić information content (AvgIpc) is 1.80.